The fourth-order valence-electron chi connectivity index (χ4n) is 2.06. The van der Waals surface area contributed by atoms with Crippen LogP contribution >= 0.6 is 11.8 Å². The van der Waals surface area contributed by atoms with Gasteiger partial charge in [0.15, 0.2) is 0 Å². The number of benzene rings is 1. The third kappa shape index (κ3) is 2.95. The van der Waals surface area contributed by atoms with E-state index in [1.54, 1.807) is 11.8 Å². The number of hydrogen-bond donors (Lipinski definition) is 1. The number of rotatable bonds is 4. The van der Waals surface area contributed by atoms with Gasteiger partial charge >= 0.3 is 0 Å². The van der Waals surface area contributed by atoms with Crippen LogP contribution < -0.4 is 5.73 Å². The lowest BCUT2D eigenvalue weighted by atomic mass is 10.2. The monoisotopic (exact) mass is 275 g/mol. The molecule has 1 heterocycles. The van der Waals surface area contributed by atoms with Gasteiger partial charge in [-0.3, -0.25) is 4.68 Å². The zero-order valence-corrected chi connectivity index (χ0v) is 12.8. The van der Waals surface area contributed by atoms with Crippen LogP contribution in [-0.4, -0.2) is 9.78 Å². The van der Waals surface area contributed by atoms with E-state index >= 15 is 0 Å². The van der Waals surface area contributed by atoms with E-state index in [4.69, 9.17) is 5.73 Å². The molecule has 0 spiro atoms. The molecule has 0 aliphatic rings. The molecule has 0 saturated heterocycles. The van der Waals surface area contributed by atoms with Crippen molar-refractivity contribution in [3.05, 3.63) is 35.0 Å². The normalized spacial score (nSPS) is 10.9. The zero-order chi connectivity index (χ0) is 14.0. The summed E-state index contributed by atoms with van der Waals surface area (Å²) >= 11 is 1.71. The third-order valence-corrected chi connectivity index (χ3v) is 4.40. The highest BCUT2D eigenvalue weighted by Crippen LogP contribution is 2.35. The first kappa shape index (κ1) is 14.0. The molecule has 4 heteroatoms. The first-order valence-corrected chi connectivity index (χ1v) is 7.42. The molecule has 0 saturated carbocycles. The molecular weight excluding hydrogens is 254 g/mol. The molecule has 1 aromatic heterocycles. The zero-order valence-electron chi connectivity index (χ0n) is 12.0. The van der Waals surface area contributed by atoms with Crippen LogP contribution in [0, 0.1) is 20.8 Å². The fourth-order valence-corrected chi connectivity index (χ4v) is 3.12. The Balaban J connectivity index is 2.37. The van der Waals surface area contributed by atoms with Gasteiger partial charge in [0.25, 0.3) is 0 Å². The van der Waals surface area contributed by atoms with Crippen molar-refractivity contribution in [2.75, 3.05) is 5.73 Å². The molecule has 0 bridgehead atoms. The van der Waals surface area contributed by atoms with Crippen LogP contribution in [0.15, 0.2) is 28.1 Å². The minimum Gasteiger partial charge on any atom is -0.395 e. The van der Waals surface area contributed by atoms with E-state index < -0.39 is 0 Å². The molecule has 0 aliphatic heterocycles. The summed E-state index contributed by atoms with van der Waals surface area (Å²) in [6.45, 7) is 9.28. The average molecular weight is 275 g/mol. The molecule has 0 fully saturated rings. The minimum atomic E-state index is 0.804. The minimum absolute atomic E-state index is 0.804. The van der Waals surface area contributed by atoms with Crippen LogP contribution in [0.2, 0.25) is 0 Å². The first-order valence-electron chi connectivity index (χ1n) is 6.61. The van der Waals surface area contributed by atoms with E-state index in [1.807, 2.05) is 11.6 Å². The van der Waals surface area contributed by atoms with Gasteiger partial charge in [-0.1, -0.05) is 36.4 Å². The summed E-state index contributed by atoms with van der Waals surface area (Å²) in [5, 5.41) is 5.58. The van der Waals surface area contributed by atoms with Gasteiger partial charge in [-0.25, -0.2) is 0 Å². The smallest absolute Gasteiger partial charge is 0.122 e. The molecule has 19 heavy (non-hydrogen) atoms. The summed E-state index contributed by atoms with van der Waals surface area (Å²) in [5.74, 6) is 0. The van der Waals surface area contributed by atoms with E-state index in [2.05, 4.69) is 44.1 Å². The van der Waals surface area contributed by atoms with Gasteiger partial charge in [-0.05, 0) is 38.8 Å². The summed E-state index contributed by atoms with van der Waals surface area (Å²) in [6.07, 6.45) is 1.06. The van der Waals surface area contributed by atoms with Crippen LogP contribution in [0.4, 0.5) is 5.69 Å². The quantitative estimate of drug-likeness (QED) is 0.918. The van der Waals surface area contributed by atoms with Crippen molar-refractivity contribution < 1.29 is 0 Å². The van der Waals surface area contributed by atoms with Crippen LogP contribution in [0.3, 0.4) is 0 Å². The number of aromatic nitrogens is 2. The molecule has 0 atom stereocenters. The molecule has 0 aliphatic carbocycles. The maximum atomic E-state index is 6.16. The second-order valence-corrected chi connectivity index (χ2v) is 5.93. The van der Waals surface area contributed by atoms with Crippen LogP contribution in [0.5, 0.6) is 0 Å². The van der Waals surface area contributed by atoms with Gasteiger partial charge in [-0.15, -0.1) is 0 Å². The topological polar surface area (TPSA) is 43.8 Å². The SMILES string of the molecule is CCCn1nc(C)c(N)c1Sc1ccc(C)cc1C. The largest absolute Gasteiger partial charge is 0.395 e. The van der Waals surface area contributed by atoms with Crippen molar-refractivity contribution in [1.82, 2.24) is 9.78 Å². The van der Waals surface area contributed by atoms with E-state index in [0.29, 0.717) is 0 Å². The third-order valence-electron chi connectivity index (χ3n) is 3.10. The predicted molar refractivity (Wildman–Crippen MR) is 81.7 cm³/mol. The van der Waals surface area contributed by atoms with Crippen LogP contribution in [0.25, 0.3) is 0 Å². The molecule has 1 aromatic carbocycles. The lowest BCUT2D eigenvalue weighted by Gasteiger charge is -2.09. The van der Waals surface area contributed by atoms with Crippen molar-refractivity contribution in [1.29, 1.82) is 0 Å². The van der Waals surface area contributed by atoms with E-state index in [1.165, 1.54) is 16.0 Å². The Morgan fingerprint density at radius 3 is 2.63 bits per heavy atom. The van der Waals surface area contributed by atoms with Crippen molar-refractivity contribution in [3.8, 4) is 0 Å². The molecule has 0 radical (unpaired) electrons. The summed E-state index contributed by atoms with van der Waals surface area (Å²) in [5.41, 5.74) is 10.4. The number of nitrogens with two attached hydrogens (primary N) is 1. The molecule has 2 aromatic rings. The van der Waals surface area contributed by atoms with Crippen molar-refractivity contribution in [2.45, 2.75) is 50.6 Å². The Hall–Kier alpha value is -1.42. The lowest BCUT2D eigenvalue weighted by Crippen LogP contribution is -2.01. The van der Waals surface area contributed by atoms with Gasteiger partial charge in [0.05, 0.1) is 11.4 Å². The number of nitrogen functional groups attached to an aromatic ring is 1. The van der Waals surface area contributed by atoms with Crippen molar-refractivity contribution in [3.63, 3.8) is 0 Å². The Bertz CT molecular complexity index is 587. The predicted octanol–water partition coefficient (Wildman–Crippen LogP) is 3.95. The molecule has 3 nitrogen and oxygen atoms in total. The number of anilines is 1. The van der Waals surface area contributed by atoms with Gasteiger partial charge in [0, 0.05) is 11.4 Å². The maximum absolute atomic E-state index is 6.16. The number of hydrogen-bond acceptors (Lipinski definition) is 3. The maximum Gasteiger partial charge on any atom is 0.122 e. The fraction of sp³-hybridized carbons (Fsp3) is 0.400. The highest BCUT2D eigenvalue weighted by atomic mass is 32.2. The Morgan fingerprint density at radius 2 is 2.00 bits per heavy atom. The van der Waals surface area contributed by atoms with Gasteiger partial charge in [0.1, 0.15) is 5.03 Å². The number of aryl methyl sites for hydroxylation is 4. The van der Waals surface area contributed by atoms with E-state index in [-0.39, 0.29) is 0 Å². The Labute approximate surface area is 119 Å². The second-order valence-electron chi connectivity index (χ2n) is 4.90. The lowest BCUT2D eigenvalue weighted by molar-refractivity contribution is 0.556. The van der Waals surface area contributed by atoms with Crippen molar-refractivity contribution >= 4 is 17.4 Å². The Kier molecular flexibility index (Phi) is 4.20. The average Bonchev–Trinajstić information content (AvgIpc) is 2.61. The summed E-state index contributed by atoms with van der Waals surface area (Å²) < 4.78 is 2.02. The van der Waals surface area contributed by atoms with Crippen LogP contribution in [-0.2, 0) is 6.54 Å². The highest BCUT2D eigenvalue weighted by molar-refractivity contribution is 7.99. The first-order chi connectivity index (χ1) is 9.02. The standard InChI is InChI=1S/C15H21N3S/c1-5-8-18-15(14(16)12(4)17-18)19-13-7-6-10(2)9-11(13)3/h6-7,9H,5,8,16H2,1-4H3. The molecule has 0 unspecified atom stereocenters. The molecule has 0 amide bonds. The molecule has 2 N–H and O–H groups in total. The number of nitrogens with zero attached hydrogens (tertiary/aromatic N) is 2. The molecule has 2 rings (SSSR count). The summed E-state index contributed by atoms with van der Waals surface area (Å²) in [7, 11) is 0. The molecular formula is C15H21N3S. The summed E-state index contributed by atoms with van der Waals surface area (Å²) in [4.78, 5) is 1.24. The second kappa shape index (κ2) is 5.70. The van der Waals surface area contributed by atoms with Gasteiger partial charge < -0.3 is 5.73 Å². The van der Waals surface area contributed by atoms with Gasteiger partial charge in [-0.2, -0.15) is 5.10 Å². The highest BCUT2D eigenvalue weighted by Gasteiger charge is 2.14. The summed E-state index contributed by atoms with van der Waals surface area (Å²) in [6, 6.07) is 6.50. The van der Waals surface area contributed by atoms with E-state index in [9.17, 15) is 0 Å². The van der Waals surface area contributed by atoms with Crippen molar-refractivity contribution in [2.24, 2.45) is 0 Å². The van der Waals surface area contributed by atoms with E-state index in [0.717, 1.165) is 29.4 Å². The molecule has 102 valence electrons. The van der Waals surface area contributed by atoms with Crippen LogP contribution in [0.1, 0.15) is 30.2 Å². The van der Waals surface area contributed by atoms with Gasteiger partial charge in [0.2, 0.25) is 0 Å². The Morgan fingerprint density at radius 1 is 1.26 bits per heavy atom.